The number of anilines is 1. The van der Waals surface area contributed by atoms with Crippen LogP contribution < -0.4 is 15.2 Å². The summed E-state index contributed by atoms with van der Waals surface area (Å²) >= 11 is 0. The van der Waals surface area contributed by atoms with Crippen LogP contribution >= 0.6 is 0 Å². The van der Waals surface area contributed by atoms with Gasteiger partial charge in [-0.05, 0) is 48.9 Å². The van der Waals surface area contributed by atoms with Crippen LogP contribution in [0.4, 0.5) is 24.5 Å². The van der Waals surface area contributed by atoms with Gasteiger partial charge in [-0.25, -0.2) is 13.6 Å². The van der Waals surface area contributed by atoms with E-state index in [1.165, 1.54) is 31.2 Å². The number of sulfonamides is 1. The number of hydrogen-bond donors (Lipinski definition) is 2. The lowest BCUT2D eigenvalue weighted by atomic mass is 10.1. The van der Waals surface area contributed by atoms with E-state index < -0.39 is 27.7 Å². The van der Waals surface area contributed by atoms with Gasteiger partial charge >= 0.3 is 6.18 Å². The molecule has 3 aromatic carbocycles. The molecule has 11 heteroatoms. The number of nitrogens with zero attached hydrogens (tertiary/aromatic N) is 1. The molecule has 7 nitrogen and oxygen atoms in total. The van der Waals surface area contributed by atoms with Gasteiger partial charge in [0, 0.05) is 11.6 Å². The standard InChI is InChI=1S/C23H18F3N3O4S/c1-13-8-20-21(11-18(13)23(24,25)26)29-22(30)12-19(28-20)14-4-2-5-15(9-14)33-16-6-3-7-17(10-16)34(27,31)32/h2-11H,12H2,1H3,(H,29,30)(H2,27,31,32). The molecule has 0 radical (unpaired) electrons. The Morgan fingerprint density at radius 2 is 1.71 bits per heavy atom. The topological polar surface area (TPSA) is 111 Å². The molecule has 0 saturated heterocycles. The second-order valence-electron chi connectivity index (χ2n) is 7.62. The minimum Gasteiger partial charge on any atom is -0.457 e. The number of hydrogen-bond acceptors (Lipinski definition) is 5. The summed E-state index contributed by atoms with van der Waals surface area (Å²) in [6, 6.07) is 14.4. The highest BCUT2D eigenvalue weighted by Gasteiger charge is 2.34. The van der Waals surface area contributed by atoms with Crippen molar-refractivity contribution in [2.24, 2.45) is 10.1 Å². The van der Waals surface area contributed by atoms with Gasteiger partial charge in [0.1, 0.15) is 11.5 Å². The second-order valence-corrected chi connectivity index (χ2v) is 9.18. The largest absolute Gasteiger partial charge is 0.457 e. The zero-order chi connectivity index (χ0) is 24.7. The van der Waals surface area contributed by atoms with Gasteiger partial charge < -0.3 is 10.1 Å². The maximum absolute atomic E-state index is 13.3. The number of aliphatic imine (C=N–C) groups is 1. The van der Waals surface area contributed by atoms with Gasteiger partial charge in [0.2, 0.25) is 15.9 Å². The number of nitrogens with one attached hydrogen (secondary N) is 1. The van der Waals surface area contributed by atoms with Crippen LogP contribution in [-0.4, -0.2) is 20.0 Å². The highest BCUT2D eigenvalue weighted by atomic mass is 32.2. The Kier molecular flexibility index (Phi) is 5.92. The van der Waals surface area contributed by atoms with Gasteiger partial charge in [-0.2, -0.15) is 13.2 Å². The number of aryl methyl sites for hydroxylation is 1. The van der Waals surface area contributed by atoms with Crippen LogP contribution in [0, 0.1) is 6.92 Å². The van der Waals surface area contributed by atoms with Crippen LogP contribution in [0.15, 0.2) is 70.6 Å². The highest BCUT2D eigenvalue weighted by molar-refractivity contribution is 7.89. The van der Waals surface area contributed by atoms with Gasteiger partial charge in [0.05, 0.1) is 34.0 Å². The zero-order valence-corrected chi connectivity index (χ0v) is 18.5. The quantitative estimate of drug-likeness (QED) is 0.542. The molecule has 0 fully saturated rings. The summed E-state index contributed by atoms with van der Waals surface area (Å²) in [5.74, 6) is 0.0479. The minimum absolute atomic E-state index is 0.0164. The summed E-state index contributed by atoms with van der Waals surface area (Å²) in [6.07, 6.45) is -4.73. The Morgan fingerprint density at radius 3 is 2.38 bits per heavy atom. The van der Waals surface area contributed by atoms with E-state index in [1.807, 2.05) is 0 Å². The second kappa shape index (κ2) is 8.58. The lowest BCUT2D eigenvalue weighted by Gasteiger charge is -2.13. The van der Waals surface area contributed by atoms with Crippen molar-refractivity contribution in [3.8, 4) is 11.5 Å². The number of carbonyl (C=O) groups excluding carboxylic acids is 1. The molecule has 1 amide bonds. The molecule has 0 unspecified atom stereocenters. The highest BCUT2D eigenvalue weighted by Crippen LogP contribution is 2.39. The first-order valence-electron chi connectivity index (χ1n) is 9.90. The van der Waals surface area contributed by atoms with E-state index in [9.17, 15) is 26.4 Å². The van der Waals surface area contributed by atoms with E-state index in [1.54, 1.807) is 30.3 Å². The monoisotopic (exact) mass is 489 g/mol. The van der Waals surface area contributed by atoms with Crippen LogP contribution in [0.25, 0.3) is 0 Å². The molecule has 0 atom stereocenters. The number of carbonyl (C=O) groups is 1. The van der Waals surface area contributed by atoms with E-state index in [0.717, 1.165) is 6.07 Å². The molecule has 0 saturated carbocycles. The van der Waals surface area contributed by atoms with E-state index >= 15 is 0 Å². The Morgan fingerprint density at radius 1 is 1.03 bits per heavy atom. The molecule has 3 N–H and O–H groups in total. The smallest absolute Gasteiger partial charge is 0.416 e. The van der Waals surface area contributed by atoms with Gasteiger partial charge in [-0.1, -0.05) is 18.2 Å². The molecule has 0 aliphatic carbocycles. The molecular formula is C23H18F3N3O4S. The summed E-state index contributed by atoms with van der Waals surface area (Å²) in [4.78, 5) is 16.7. The first-order valence-corrected chi connectivity index (χ1v) is 11.5. The number of amides is 1. The van der Waals surface area contributed by atoms with E-state index in [2.05, 4.69) is 10.3 Å². The van der Waals surface area contributed by atoms with E-state index in [-0.39, 0.29) is 34.0 Å². The third-order valence-electron chi connectivity index (χ3n) is 5.04. The van der Waals surface area contributed by atoms with Crippen LogP contribution in [0.5, 0.6) is 11.5 Å². The number of benzene rings is 3. The normalized spacial score (nSPS) is 14.0. The lowest BCUT2D eigenvalue weighted by Crippen LogP contribution is -2.15. The zero-order valence-electron chi connectivity index (χ0n) is 17.7. The summed E-state index contributed by atoms with van der Waals surface area (Å²) in [6.45, 7) is 1.33. The molecule has 1 heterocycles. The van der Waals surface area contributed by atoms with Crippen LogP contribution in [-0.2, 0) is 21.0 Å². The molecule has 0 spiro atoms. The maximum Gasteiger partial charge on any atom is 0.416 e. The van der Waals surface area contributed by atoms with Crippen molar-refractivity contribution in [2.45, 2.75) is 24.4 Å². The third-order valence-corrected chi connectivity index (χ3v) is 5.95. The van der Waals surface area contributed by atoms with Gasteiger partial charge in [0.25, 0.3) is 0 Å². The van der Waals surface area contributed by atoms with Crippen LogP contribution in [0.3, 0.4) is 0 Å². The Labute approximate surface area is 193 Å². The fourth-order valence-corrected chi connectivity index (χ4v) is 4.03. The average molecular weight is 489 g/mol. The van der Waals surface area contributed by atoms with Crippen LogP contribution in [0.2, 0.25) is 0 Å². The Balaban J connectivity index is 1.70. The van der Waals surface area contributed by atoms with Crippen molar-refractivity contribution < 1.29 is 31.1 Å². The summed E-state index contributed by atoms with van der Waals surface area (Å²) < 4.78 is 68.7. The first-order chi connectivity index (χ1) is 15.9. The third kappa shape index (κ3) is 5.10. The van der Waals surface area contributed by atoms with E-state index in [4.69, 9.17) is 9.88 Å². The summed E-state index contributed by atoms with van der Waals surface area (Å²) in [5, 5.41) is 7.63. The van der Waals surface area contributed by atoms with Crippen molar-refractivity contribution >= 4 is 33.0 Å². The molecule has 0 bridgehead atoms. The van der Waals surface area contributed by atoms with Crippen molar-refractivity contribution in [1.29, 1.82) is 0 Å². The molecule has 176 valence electrons. The molecule has 1 aliphatic heterocycles. The van der Waals surface area contributed by atoms with Crippen molar-refractivity contribution in [3.63, 3.8) is 0 Å². The van der Waals surface area contributed by atoms with Crippen molar-refractivity contribution in [1.82, 2.24) is 0 Å². The van der Waals surface area contributed by atoms with Gasteiger partial charge in [0.15, 0.2) is 0 Å². The van der Waals surface area contributed by atoms with E-state index in [0.29, 0.717) is 17.0 Å². The van der Waals surface area contributed by atoms with Crippen molar-refractivity contribution in [2.75, 3.05) is 5.32 Å². The predicted molar refractivity (Wildman–Crippen MR) is 120 cm³/mol. The Hall–Kier alpha value is -3.70. The SMILES string of the molecule is Cc1cc2c(cc1C(F)(F)F)NC(=O)CC(c1cccc(Oc3cccc(S(N)(=O)=O)c3)c1)=N2. The average Bonchev–Trinajstić information content (AvgIpc) is 2.90. The van der Waals surface area contributed by atoms with Gasteiger partial charge in [-0.3, -0.25) is 9.79 Å². The van der Waals surface area contributed by atoms with Crippen LogP contribution in [0.1, 0.15) is 23.1 Å². The number of ether oxygens (including phenoxy) is 1. The minimum atomic E-state index is -4.56. The number of rotatable bonds is 4. The lowest BCUT2D eigenvalue weighted by molar-refractivity contribution is -0.138. The Bertz CT molecular complexity index is 1430. The molecule has 34 heavy (non-hydrogen) atoms. The van der Waals surface area contributed by atoms with Crippen molar-refractivity contribution in [3.05, 3.63) is 77.4 Å². The number of alkyl halides is 3. The fraction of sp³-hybridized carbons (Fsp3) is 0.130. The molecule has 3 aromatic rings. The van der Waals surface area contributed by atoms with Gasteiger partial charge in [-0.15, -0.1) is 0 Å². The molecular weight excluding hydrogens is 471 g/mol. The first kappa shape index (κ1) is 23.5. The number of nitrogens with two attached hydrogens (primary N) is 1. The maximum atomic E-state index is 13.3. The summed E-state index contributed by atoms with van der Waals surface area (Å²) in [5.41, 5.74) is 0.170. The predicted octanol–water partition coefficient (Wildman–Crippen LogP) is 4.92. The number of halogens is 3. The number of fused-ring (bicyclic) bond motifs is 1. The number of primary sulfonamides is 1. The molecule has 4 rings (SSSR count). The molecule has 1 aliphatic rings. The summed E-state index contributed by atoms with van der Waals surface area (Å²) in [7, 11) is -3.91. The molecule has 0 aromatic heterocycles. The fourth-order valence-electron chi connectivity index (χ4n) is 3.48.